The molecule has 2 N–H and O–H groups in total. The summed E-state index contributed by atoms with van der Waals surface area (Å²) in [6.45, 7) is 3.66. The van der Waals surface area contributed by atoms with Crippen LogP contribution in [-0.2, 0) is 13.2 Å². The molecule has 2 aliphatic rings. The van der Waals surface area contributed by atoms with E-state index in [1.807, 2.05) is 18.2 Å². The Kier molecular flexibility index (Phi) is 2.23. The van der Waals surface area contributed by atoms with E-state index in [-0.39, 0.29) is 6.04 Å². The second-order valence-electron chi connectivity index (χ2n) is 5.56. The molecule has 0 radical (unpaired) electrons. The zero-order valence-corrected chi connectivity index (χ0v) is 11.0. The van der Waals surface area contributed by atoms with Gasteiger partial charge in [0.15, 0.2) is 0 Å². The molecule has 2 aliphatic heterocycles. The van der Waals surface area contributed by atoms with E-state index in [1.54, 1.807) is 0 Å². The average Bonchev–Trinajstić information content (AvgIpc) is 2.78. The van der Waals surface area contributed by atoms with Crippen molar-refractivity contribution < 1.29 is 4.74 Å². The molecule has 2 aromatic rings. The monoisotopic (exact) mass is 255 g/mol. The molecule has 4 rings (SSSR count). The maximum absolute atomic E-state index is 6.14. The third kappa shape index (κ3) is 1.53. The number of nitrogens with two attached hydrogens (primary N) is 1. The van der Waals surface area contributed by atoms with Crippen LogP contribution in [0.3, 0.4) is 0 Å². The highest BCUT2D eigenvalue weighted by Crippen LogP contribution is 2.39. The predicted molar refractivity (Wildman–Crippen MR) is 73.0 cm³/mol. The molecule has 0 aliphatic carbocycles. The predicted octanol–water partition coefficient (Wildman–Crippen LogP) is 2.28. The van der Waals surface area contributed by atoms with E-state index in [9.17, 15) is 0 Å². The van der Waals surface area contributed by atoms with Crippen LogP contribution in [0.25, 0.3) is 11.3 Å². The summed E-state index contributed by atoms with van der Waals surface area (Å²) in [4.78, 5) is 4.88. The zero-order chi connectivity index (χ0) is 13.0. The fourth-order valence-electron chi connectivity index (χ4n) is 3.25. The summed E-state index contributed by atoms with van der Waals surface area (Å²) in [7, 11) is 0. The number of rotatable bonds is 0. The first-order valence-electron chi connectivity index (χ1n) is 6.81. The highest BCUT2D eigenvalue weighted by Gasteiger charge is 2.31. The van der Waals surface area contributed by atoms with Gasteiger partial charge in [0.25, 0.3) is 0 Å². The lowest BCUT2D eigenvalue weighted by atomic mass is 9.97. The number of aromatic nitrogens is 2. The minimum atomic E-state index is 0.220. The summed E-state index contributed by atoms with van der Waals surface area (Å²) in [5, 5.41) is 0. The van der Waals surface area contributed by atoms with Crippen LogP contribution in [0.15, 0.2) is 24.3 Å². The molecule has 2 atom stereocenters. The topological polar surface area (TPSA) is 53.1 Å². The van der Waals surface area contributed by atoms with Gasteiger partial charge in [-0.2, -0.15) is 0 Å². The Hall–Kier alpha value is -1.81. The van der Waals surface area contributed by atoms with E-state index in [4.69, 9.17) is 15.5 Å². The fourth-order valence-corrected chi connectivity index (χ4v) is 3.25. The van der Waals surface area contributed by atoms with Crippen molar-refractivity contribution in [3.05, 3.63) is 35.8 Å². The molecule has 0 spiro atoms. The van der Waals surface area contributed by atoms with E-state index < -0.39 is 0 Å². The number of para-hydroxylation sites is 1. The van der Waals surface area contributed by atoms with Crippen molar-refractivity contribution >= 4 is 0 Å². The maximum Gasteiger partial charge on any atom is 0.130 e. The highest BCUT2D eigenvalue weighted by molar-refractivity contribution is 5.71. The third-order valence-corrected chi connectivity index (χ3v) is 4.12. The Morgan fingerprint density at radius 2 is 2.21 bits per heavy atom. The fraction of sp³-hybridized carbons (Fsp3) is 0.400. The minimum absolute atomic E-state index is 0.220. The lowest BCUT2D eigenvalue weighted by Crippen LogP contribution is -2.34. The molecule has 1 aromatic heterocycles. The number of ether oxygens (including phenoxy) is 1. The third-order valence-electron chi connectivity index (χ3n) is 4.12. The molecule has 4 heteroatoms. The average molecular weight is 255 g/mol. The van der Waals surface area contributed by atoms with E-state index >= 15 is 0 Å². The van der Waals surface area contributed by atoms with Crippen LogP contribution in [-0.4, -0.2) is 15.6 Å². The van der Waals surface area contributed by atoms with Crippen LogP contribution in [0, 0.1) is 0 Å². The molecule has 4 nitrogen and oxygen atoms in total. The van der Waals surface area contributed by atoms with Crippen LogP contribution in [0.2, 0.25) is 0 Å². The summed E-state index contributed by atoms with van der Waals surface area (Å²) in [5.41, 5.74) is 9.50. The molecule has 19 heavy (non-hydrogen) atoms. The van der Waals surface area contributed by atoms with Gasteiger partial charge < -0.3 is 15.0 Å². The summed E-state index contributed by atoms with van der Waals surface area (Å²) in [6.07, 6.45) is 1.01. The second-order valence-corrected chi connectivity index (χ2v) is 5.56. The van der Waals surface area contributed by atoms with Gasteiger partial charge in [-0.05, 0) is 18.6 Å². The van der Waals surface area contributed by atoms with Gasteiger partial charge >= 0.3 is 0 Å². The minimum Gasteiger partial charge on any atom is -0.487 e. The molecule has 3 heterocycles. The molecule has 98 valence electrons. The highest BCUT2D eigenvalue weighted by atomic mass is 16.5. The van der Waals surface area contributed by atoms with Crippen molar-refractivity contribution in [2.45, 2.75) is 38.5 Å². The first-order chi connectivity index (χ1) is 9.24. The summed E-state index contributed by atoms with van der Waals surface area (Å²) < 4.78 is 8.11. The molecular weight excluding hydrogens is 238 g/mol. The van der Waals surface area contributed by atoms with E-state index in [0.29, 0.717) is 12.5 Å². The van der Waals surface area contributed by atoms with E-state index in [2.05, 4.69) is 17.6 Å². The Labute approximate surface area is 112 Å². The van der Waals surface area contributed by atoms with Crippen LogP contribution < -0.4 is 10.5 Å². The molecule has 1 aromatic carbocycles. The quantitative estimate of drug-likeness (QED) is 0.785. The number of imidazole rings is 1. The number of hydrogen-bond acceptors (Lipinski definition) is 3. The van der Waals surface area contributed by atoms with Crippen LogP contribution in [0.1, 0.15) is 30.8 Å². The molecule has 2 unspecified atom stereocenters. The standard InChI is InChI=1S/C15H17N3O/c1-9-6-10(16)7-18-12-8-19-13-5-3-2-4-11(13)14(12)17-15(9)18/h2-5,9-10H,6-8,16H2,1H3. The Morgan fingerprint density at radius 3 is 3.11 bits per heavy atom. The van der Waals surface area contributed by atoms with Gasteiger partial charge in [0, 0.05) is 24.1 Å². The SMILES string of the molecule is CC1CC(N)Cn2c1nc1c2COc2ccccc2-1. The maximum atomic E-state index is 6.14. The van der Waals surface area contributed by atoms with Gasteiger partial charge in [-0.15, -0.1) is 0 Å². The Morgan fingerprint density at radius 1 is 1.37 bits per heavy atom. The van der Waals surface area contributed by atoms with Crippen molar-refractivity contribution in [2.75, 3.05) is 0 Å². The van der Waals surface area contributed by atoms with Crippen LogP contribution in [0.4, 0.5) is 0 Å². The lowest BCUT2D eigenvalue weighted by Gasteiger charge is -2.27. The lowest BCUT2D eigenvalue weighted by molar-refractivity contribution is 0.283. The van der Waals surface area contributed by atoms with Gasteiger partial charge in [0.1, 0.15) is 18.2 Å². The van der Waals surface area contributed by atoms with Crippen LogP contribution in [0.5, 0.6) is 5.75 Å². The van der Waals surface area contributed by atoms with Crippen molar-refractivity contribution in [3.63, 3.8) is 0 Å². The van der Waals surface area contributed by atoms with Gasteiger partial charge in [0.2, 0.25) is 0 Å². The number of nitrogens with zero attached hydrogens (tertiary/aromatic N) is 2. The number of fused-ring (bicyclic) bond motifs is 5. The summed E-state index contributed by atoms with van der Waals surface area (Å²) in [5.74, 6) is 2.51. The largest absolute Gasteiger partial charge is 0.487 e. The molecule has 0 saturated carbocycles. The summed E-state index contributed by atoms with van der Waals surface area (Å²) >= 11 is 0. The van der Waals surface area contributed by atoms with Gasteiger partial charge in [-0.25, -0.2) is 4.98 Å². The smallest absolute Gasteiger partial charge is 0.130 e. The Bertz CT molecular complexity index is 647. The van der Waals surface area contributed by atoms with Crippen LogP contribution >= 0.6 is 0 Å². The number of benzene rings is 1. The van der Waals surface area contributed by atoms with Gasteiger partial charge in [0.05, 0.1) is 11.4 Å². The van der Waals surface area contributed by atoms with Crippen molar-refractivity contribution in [1.82, 2.24) is 9.55 Å². The molecular formula is C15H17N3O. The van der Waals surface area contributed by atoms with Gasteiger partial charge in [-0.3, -0.25) is 0 Å². The van der Waals surface area contributed by atoms with Crippen molar-refractivity contribution in [1.29, 1.82) is 0 Å². The second kappa shape index (κ2) is 3.84. The van der Waals surface area contributed by atoms with E-state index in [0.717, 1.165) is 35.8 Å². The zero-order valence-electron chi connectivity index (χ0n) is 11.0. The first kappa shape index (κ1) is 11.1. The molecule has 0 amide bonds. The molecule has 0 bridgehead atoms. The van der Waals surface area contributed by atoms with E-state index in [1.165, 1.54) is 5.69 Å². The molecule has 0 saturated heterocycles. The van der Waals surface area contributed by atoms with Crippen molar-refractivity contribution in [3.8, 4) is 17.0 Å². The van der Waals surface area contributed by atoms with Gasteiger partial charge in [-0.1, -0.05) is 19.1 Å². The Balaban J connectivity index is 1.93. The summed E-state index contributed by atoms with van der Waals surface area (Å²) in [6, 6.07) is 8.34. The number of hydrogen-bond donors (Lipinski definition) is 1. The molecule has 0 fully saturated rings. The first-order valence-corrected chi connectivity index (χ1v) is 6.81. The normalized spacial score (nSPS) is 24.1. The van der Waals surface area contributed by atoms with Crippen molar-refractivity contribution in [2.24, 2.45) is 5.73 Å².